The molecule has 178 valence electrons. The van der Waals surface area contributed by atoms with Gasteiger partial charge in [0.1, 0.15) is 12.4 Å². The van der Waals surface area contributed by atoms with Crippen molar-refractivity contribution in [2.75, 3.05) is 13.2 Å². The van der Waals surface area contributed by atoms with Gasteiger partial charge in [-0.15, -0.1) is 0 Å². The Morgan fingerprint density at radius 3 is 2.49 bits per heavy atom. The van der Waals surface area contributed by atoms with E-state index in [1.165, 1.54) is 0 Å². The number of hydrogen-bond acceptors (Lipinski definition) is 5. The van der Waals surface area contributed by atoms with Gasteiger partial charge in [0.15, 0.2) is 18.1 Å². The van der Waals surface area contributed by atoms with Crippen LogP contribution in [-0.2, 0) is 11.4 Å². The number of benzene rings is 4. The molecule has 1 amide bonds. The summed E-state index contributed by atoms with van der Waals surface area (Å²) in [6.45, 7) is 2.63. The highest BCUT2D eigenvalue weighted by Crippen LogP contribution is 2.29. The molecule has 0 unspecified atom stereocenters. The fourth-order valence-corrected chi connectivity index (χ4v) is 3.48. The van der Waals surface area contributed by atoms with Gasteiger partial charge in [-0.2, -0.15) is 5.10 Å². The number of hydrazone groups is 1. The highest BCUT2D eigenvalue weighted by atomic mass is 35.5. The zero-order chi connectivity index (χ0) is 24.5. The highest BCUT2D eigenvalue weighted by molar-refractivity contribution is 6.30. The van der Waals surface area contributed by atoms with E-state index in [0.717, 1.165) is 21.9 Å². The topological polar surface area (TPSA) is 69.2 Å². The van der Waals surface area contributed by atoms with E-state index in [1.54, 1.807) is 6.21 Å². The number of nitrogens with one attached hydrogen (secondary N) is 1. The Hall–Kier alpha value is -4.03. The van der Waals surface area contributed by atoms with E-state index in [4.69, 9.17) is 25.8 Å². The first kappa shape index (κ1) is 24.1. The van der Waals surface area contributed by atoms with Gasteiger partial charge < -0.3 is 14.2 Å². The highest BCUT2D eigenvalue weighted by Gasteiger charge is 2.07. The van der Waals surface area contributed by atoms with Gasteiger partial charge in [0, 0.05) is 5.02 Å². The molecule has 0 aliphatic carbocycles. The van der Waals surface area contributed by atoms with Crippen LogP contribution in [0.5, 0.6) is 17.2 Å². The zero-order valence-corrected chi connectivity index (χ0v) is 20.0. The molecule has 0 bridgehead atoms. The van der Waals surface area contributed by atoms with E-state index in [9.17, 15) is 4.79 Å². The second kappa shape index (κ2) is 11.9. The first-order valence-corrected chi connectivity index (χ1v) is 11.6. The van der Waals surface area contributed by atoms with Crippen LogP contribution in [0.1, 0.15) is 18.1 Å². The summed E-state index contributed by atoms with van der Waals surface area (Å²) in [6, 6.07) is 26.6. The van der Waals surface area contributed by atoms with Crippen LogP contribution in [0.25, 0.3) is 10.8 Å². The molecule has 1 N–H and O–H groups in total. The summed E-state index contributed by atoms with van der Waals surface area (Å²) in [5, 5.41) is 6.87. The lowest BCUT2D eigenvalue weighted by molar-refractivity contribution is -0.123. The van der Waals surface area contributed by atoms with Crippen molar-refractivity contribution in [1.82, 2.24) is 5.43 Å². The number of nitrogens with zero attached hydrogens (tertiary/aromatic N) is 1. The Morgan fingerprint density at radius 1 is 0.886 bits per heavy atom. The van der Waals surface area contributed by atoms with E-state index < -0.39 is 0 Å². The normalized spacial score (nSPS) is 10.9. The monoisotopic (exact) mass is 488 g/mol. The van der Waals surface area contributed by atoms with Gasteiger partial charge in [-0.3, -0.25) is 4.79 Å². The Labute approximate surface area is 209 Å². The fourth-order valence-electron chi connectivity index (χ4n) is 3.35. The minimum Gasteiger partial charge on any atom is -0.490 e. The molecule has 0 aliphatic rings. The van der Waals surface area contributed by atoms with Crippen LogP contribution in [0.15, 0.2) is 90.0 Å². The van der Waals surface area contributed by atoms with Crippen molar-refractivity contribution in [3.63, 3.8) is 0 Å². The summed E-state index contributed by atoms with van der Waals surface area (Å²) < 4.78 is 17.2. The summed E-state index contributed by atoms with van der Waals surface area (Å²) in [6.07, 6.45) is 1.54. The standard InChI is InChI=1S/C28H25ClN2O4/c1-2-33-27-15-21(9-14-26(27)35-18-20-7-11-24(29)12-8-20)17-30-31-28(32)19-34-25-13-10-22-5-3-4-6-23(22)16-25/h3-17H,2,18-19H2,1H3,(H,31,32)/b30-17+. The van der Waals surface area contributed by atoms with Crippen LogP contribution >= 0.6 is 11.6 Å². The lowest BCUT2D eigenvalue weighted by Gasteiger charge is -2.12. The number of rotatable bonds is 10. The van der Waals surface area contributed by atoms with Crippen molar-refractivity contribution in [3.05, 3.63) is 101 Å². The smallest absolute Gasteiger partial charge is 0.277 e. The number of carbonyl (C=O) groups is 1. The maximum Gasteiger partial charge on any atom is 0.277 e. The molecule has 6 nitrogen and oxygen atoms in total. The first-order chi connectivity index (χ1) is 17.1. The van der Waals surface area contributed by atoms with Crippen molar-refractivity contribution in [2.24, 2.45) is 5.10 Å². The average molecular weight is 489 g/mol. The van der Waals surface area contributed by atoms with Crippen LogP contribution in [-0.4, -0.2) is 25.3 Å². The minimum atomic E-state index is -0.359. The molecule has 4 aromatic rings. The third-order valence-electron chi connectivity index (χ3n) is 5.07. The molecule has 0 fully saturated rings. The lowest BCUT2D eigenvalue weighted by Crippen LogP contribution is -2.24. The molecule has 0 spiro atoms. The molecule has 0 saturated heterocycles. The average Bonchev–Trinajstić information content (AvgIpc) is 2.88. The van der Waals surface area contributed by atoms with Gasteiger partial charge in [-0.1, -0.05) is 54.1 Å². The zero-order valence-electron chi connectivity index (χ0n) is 19.2. The van der Waals surface area contributed by atoms with Crippen LogP contribution in [0, 0.1) is 0 Å². The van der Waals surface area contributed by atoms with Crippen LogP contribution in [0.4, 0.5) is 0 Å². The fraction of sp³-hybridized carbons (Fsp3) is 0.143. The molecule has 0 atom stereocenters. The van der Waals surface area contributed by atoms with Crippen molar-refractivity contribution < 1.29 is 19.0 Å². The summed E-state index contributed by atoms with van der Waals surface area (Å²) in [5.41, 5.74) is 4.23. The van der Waals surface area contributed by atoms with E-state index in [1.807, 2.05) is 91.9 Å². The van der Waals surface area contributed by atoms with Gasteiger partial charge in [-0.05, 0) is 71.3 Å². The van der Waals surface area contributed by atoms with Gasteiger partial charge in [0.2, 0.25) is 0 Å². The third-order valence-corrected chi connectivity index (χ3v) is 5.32. The number of halogens is 1. The molecule has 0 heterocycles. The second-order valence-corrected chi connectivity index (χ2v) is 8.08. The first-order valence-electron chi connectivity index (χ1n) is 11.2. The molecule has 0 aromatic heterocycles. The molecule has 35 heavy (non-hydrogen) atoms. The molecule has 0 radical (unpaired) electrons. The summed E-state index contributed by atoms with van der Waals surface area (Å²) in [7, 11) is 0. The van der Waals surface area contributed by atoms with Gasteiger partial charge >= 0.3 is 0 Å². The number of hydrogen-bond donors (Lipinski definition) is 1. The SMILES string of the molecule is CCOc1cc(/C=N/NC(=O)COc2ccc3ccccc3c2)ccc1OCc1ccc(Cl)cc1. The largest absolute Gasteiger partial charge is 0.490 e. The van der Waals surface area contributed by atoms with E-state index in [0.29, 0.717) is 35.5 Å². The molecule has 4 aromatic carbocycles. The predicted molar refractivity (Wildman–Crippen MR) is 139 cm³/mol. The van der Waals surface area contributed by atoms with E-state index in [-0.39, 0.29) is 12.5 Å². The van der Waals surface area contributed by atoms with Gasteiger partial charge in [-0.25, -0.2) is 5.43 Å². The molecule has 0 aliphatic heterocycles. The Kier molecular flexibility index (Phi) is 8.20. The molecular formula is C28H25ClN2O4. The number of fused-ring (bicyclic) bond motifs is 1. The Bertz CT molecular complexity index is 1320. The molecular weight excluding hydrogens is 464 g/mol. The maximum absolute atomic E-state index is 12.1. The van der Waals surface area contributed by atoms with Crippen LogP contribution in [0.2, 0.25) is 5.02 Å². The number of amides is 1. The van der Waals surface area contributed by atoms with Gasteiger partial charge in [0.25, 0.3) is 5.91 Å². The molecule has 0 saturated carbocycles. The maximum atomic E-state index is 12.1. The van der Waals surface area contributed by atoms with E-state index >= 15 is 0 Å². The summed E-state index contributed by atoms with van der Waals surface area (Å²) in [4.78, 5) is 12.1. The number of carbonyl (C=O) groups excluding carboxylic acids is 1. The van der Waals surface area contributed by atoms with Crippen molar-refractivity contribution in [3.8, 4) is 17.2 Å². The van der Waals surface area contributed by atoms with Crippen LogP contribution in [0.3, 0.4) is 0 Å². The van der Waals surface area contributed by atoms with Crippen molar-refractivity contribution in [1.29, 1.82) is 0 Å². The Balaban J connectivity index is 1.31. The quantitative estimate of drug-likeness (QED) is 0.219. The Morgan fingerprint density at radius 2 is 1.69 bits per heavy atom. The summed E-state index contributed by atoms with van der Waals surface area (Å²) in [5.74, 6) is 1.48. The third kappa shape index (κ3) is 6.98. The van der Waals surface area contributed by atoms with E-state index in [2.05, 4.69) is 10.5 Å². The van der Waals surface area contributed by atoms with Gasteiger partial charge in [0.05, 0.1) is 12.8 Å². The predicted octanol–water partition coefficient (Wildman–Crippen LogP) is 6.00. The minimum absolute atomic E-state index is 0.142. The van der Waals surface area contributed by atoms with Crippen molar-refractivity contribution in [2.45, 2.75) is 13.5 Å². The lowest BCUT2D eigenvalue weighted by atomic mass is 10.1. The number of ether oxygens (including phenoxy) is 3. The summed E-state index contributed by atoms with van der Waals surface area (Å²) >= 11 is 5.93. The van der Waals surface area contributed by atoms with Crippen molar-refractivity contribution >= 4 is 34.5 Å². The second-order valence-electron chi connectivity index (χ2n) is 7.65. The molecule has 7 heteroatoms. The van der Waals surface area contributed by atoms with Crippen LogP contribution < -0.4 is 19.6 Å². The molecule has 4 rings (SSSR count).